The Morgan fingerprint density at radius 2 is 1.91 bits per heavy atom. The molecule has 0 spiro atoms. The molecule has 2 aromatic carbocycles. The molecule has 0 aliphatic heterocycles. The number of hydrogen-bond donors (Lipinski definition) is 2. The lowest BCUT2D eigenvalue weighted by Crippen LogP contribution is -2.41. The van der Waals surface area contributed by atoms with Crippen molar-refractivity contribution in [2.75, 3.05) is 20.8 Å². The van der Waals surface area contributed by atoms with Crippen LogP contribution in [0.25, 0.3) is 21.8 Å². The summed E-state index contributed by atoms with van der Waals surface area (Å²) >= 11 is 0. The van der Waals surface area contributed by atoms with E-state index in [4.69, 9.17) is 14.2 Å². The summed E-state index contributed by atoms with van der Waals surface area (Å²) in [6, 6.07) is 9.29. The molecule has 0 amide bonds. The summed E-state index contributed by atoms with van der Waals surface area (Å²) in [5.74, 6) is 1.60. The van der Waals surface area contributed by atoms with Crippen molar-refractivity contribution in [1.82, 2.24) is 20.3 Å². The minimum atomic E-state index is -0.439. The molecule has 2 heterocycles. The van der Waals surface area contributed by atoms with E-state index in [-0.39, 0.29) is 24.0 Å². The molecule has 174 valence electrons. The number of fused-ring (bicyclic) bond motifs is 2. The zero-order valence-electron chi connectivity index (χ0n) is 18.6. The third kappa shape index (κ3) is 4.41. The smallest absolute Gasteiger partial charge is 0.230 e. The predicted molar refractivity (Wildman–Crippen MR) is 127 cm³/mol. The number of rotatable bonds is 7. The molecule has 0 saturated heterocycles. The molecule has 2 aromatic heterocycles. The van der Waals surface area contributed by atoms with E-state index in [0.717, 1.165) is 24.1 Å². The Hall–Kier alpha value is -3.10. The number of ether oxygens (including phenoxy) is 3. The number of H-pyrrole nitrogens is 1. The van der Waals surface area contributed by atoms with Crippen LogP contribution in [-0.4, -0.2) is 41.8 Å². The van der Waals surface area contributed by atoms with Gasteiger partial charge in [0.05, 0.1) is 24.6 Å². The van der Waals surface area contributed by atoms with Gasteiger partial charge in [0.25, 0.3) is 0 Å². The summed E-state index contributed by atoms with van der Waals surface area (Å²) in [6.45, 7) is 2.50. The zero-order chi connectivity index (χ0) is 22.2. The largest absolute Gasteiger partial charge is 0.493 e. The van der Waals surface area contributed by atoms with Gasteiger partial charge in [0, 0.05) is 28.7 Å². The van der Waals surface area contributed by atoms with Crippen LogP contribution in [0, 0.1) is 18.7 Å². The standard InChI is InChI=1S/C24H25FN4O3.ClH/c1-13-6-16-18(29-13)4-5-20(23(16)25)32-24-17-9-21(30-3)22(10-19(17)27-12-28-24)31-11-14-7-15(8-14)26-2;/h4-6,9-10,12,14-15,26,29H,7-8,11H2,1-3H3;1H. The number of nitrogens with zero attached hydrogens (tertiary/aromatic N) is 2. The number of aromatic amines is 1. The highest BCUT2D eigenvalue weighted by atomic mass is 35.5. The highest BCUT2D eigenvalue weighted by Gasteiger charge is 2.28. The van der Waals surface area contributed by atoms with Crippen LogP contribution in [0.2, 0.25) is 0 Å². The molecule has 0 unspecified atom stereocenters. The third-order valence-corrected chi connectivity index (χ3v) is 6.05. The van der Waals surface area contributed by atoms with Gasteiger partial charge in [-0.15, -0.1) is 12.4 Å². The van der Waals surface area contributed by atoms with Gasteiger partial charge in [-0.1, -0.05) is 0 Å². The molecule has 4 aromatic rings. The predicted octanol–water partition coefficient (Wildman–Crippen LogP) is 5.16. The van der Waals surface area contributed by atoms with Crippen molar-refractivity contribution in [2.24, 2.45) is 5.92 Å². The first kappa shape index (κ1) is 23.1. The summed E-state index contributed by atoms with van der Waals surface area (Å²) < 4.78 is 32.5. The second kappa shape index (κ2) is 9.41. The topological polar surface area (TPSA) is 81.3 Å². The molecule has 1 saturated carbocycles. The van der Waals surface area contributed by atoms with E-state index in [0.29, 0.717) is 46.4 Å². The molecule has 1 fully saturated rings. The molecular formula is C24H26ClFN4O3. The van der Waals surface area contributed by atoms with E-state index < -0.39 is 5.82 Å². The van der Waals surface area contributed by atoms with Crippen LogP contribution < -0.4 is 19.5 Å². The van der Waals surface area contributed by atoms with Crippen molar-refractivity contribution < 1.29 is 18.6 Å². The number of nitrogens with one attached hydrogen (secondary N) is 2. The van der Waals surface area contributed by atoms with Crippen molar-refractivity contribution in [1.29, 1.82) is 0 Å². The SMILES string of the molecule is CNC1CC(COc2cc3ncnc(Oc4ccc5[nH]c(C)cc5c4F)c3cc2OC)C1.Cl. The van der Waals surface area contributed by atoms with Crippen molar-refractivity contribution in [3.8, 4) is 23.1 Å². The Labute approximate surface area is 197 Å². The molecule has 0 atom stereocenters. The summed E-state index contributed by atoms with van der Waals surface area (Å²) in [7, 11) is 3.57. The van der Waals surface area contributed by atoms with Crippen LogP contribution >= 0.6 is 12.4 Å². The maximum absolute atomic E-state index is 15.0. The highest BCUT2D eigenvalue weighted by Crippen LogP contribution is 2.38. The maximum atomic E-state index is 15.0. The van der Waals surface area contributed by atoms with E-state index in [1.54, 1.807) is 31.4 Å². The average molecular weight is 473 g/mol. The van der Waals surface area contributed by atoms with Crippen molar-refractivity contribution >= 4 is 34.2 Å². The third-order valence-electron chi connectivity index (χ3n) is 6.05. The first-order chi connectivity index (χ1) is 15.6. The zero-order valence-corrected chi connectivity index (χ0v) is 19.5. The molecule has 33 heavy (non-hydrogen) atoms. The summed E-state index contributed by atoms with van der Waals surface area (Å²) in [6.07, 6.45) is 3.60. The summed E-state index contributed by atoms with van der Waals surface area (Å²) in [5, 5.41) is 4.36. The molecule has 1 aliphatic rings. The van der Waals surface area contributed by atoms with E-state index in [1.807, 2.05) is 20.0 Å². The monoisotopic (exact) mass is 472 g/mol. The number of methoxy groups -OCH3 is 1. The van der Waals surface area contributed by atoms with Crippen molar-refractivity contribution in [3.05, 3.63) is 48.2 Å². The Kier molecular flexibility index (Phi) is 6.58. The first-order valence-corrected chi connectivity index (χ1v) is 10.6. The number of aromatic nitrogens is 3. The van der Waals surface area contributed by atoms with Crippen molar-refractivity contribution in [2.45, 2.75) is 25.8 Å². The lowest BCUT2D eigenvalue weighted by atomic mass is 9.81. The molecule has 0 bridgehead atoms. The van der Waals surface area contributed by atoms with Gasteiger partial charge in [0.15, 0.2) is 23.1 Å². The molecule has 1 aliphatic carbocycles. The second-order valence-electron chi connectivity index (χ2n) is 8.23. The quantitative estimate of drug-likeness (QED) is 0.387. The number of aryl methyl sites for hydroxylation is 1. The fourth-order valence-electron chi connectivity index (χ4n) is 4.18. The molecule has 0 radical (unpaired) electrons. The van der Waals surface area contributed by atoms with Crippen LogP contribution in [0.1, 0.15) is 18.5 Å². The van der Waals surface area contributed by atoms with Gasteiger partial charge < -0.3 is 24.5 Å². The second-order valence-corrected chi connectivity index (χ2v) is 8.23. The van der Waals surface area contributed by atoms with Crippen LogP contribution in [0.4, 0.5) is 4.39 Å². The Morgan fingerprint density at radius 1 is 1.09 bits per heavy atom. The van der Waals surface area contributed by atoms with E-state index in [2.05, 4.69) is 20.3 Å². The first-order valence-electron chi connectivity index (χ1n) is 10.6. The maximum Gasteiger partial charge on any atom is 0.230 e. The van der Waals surface area contributed by atoms with Crippen LogP contribution in [0.15, 0.2) is 36.7 Å². The highest BCUT2D eigenvalue weighted by molar-refractivity contribution is 5.87. The van der Waals surface area contributed by atoms with E-state index >= 15 is 4.39 Å². The molecular weight excluding hydrogens is 447 g/mol. The average Bonchev–Trinajstić information content (AvgIpc) is 3.15. The minimum absolute atomic E-state index is 0. The lowest BCUT2D eigenvalue weighted by molar-refractivity contribution is 0.142. The minimum Gasteiger partial charge on any atom is -0.493 e. The summed E-state index contributed by atoms with van der Waals surface area (Å²) in [4.78, 5) is 11.7. The van der Waals surface area contributed by atoms with Gasteiger partial charge in [-0.3, -0.25) is 0 Å². The normalized spacial score (nSPS) is 17.5. The molecule has 7 nitrogen and oxygen atoms in total. The van der Waals surface area contributed by atoms with Gasteiger partial charge in [-0.05, 0) is 57.0 Å². The van der Waals surface area contributed by atoms with Crippen LogP contribution in [-0.2, 0) is 0 Å². The molecule has 9 heteroatoms. The number of benzene rings is 2. The molecule has 5 rings (SSSR count). The van der Waals surface area contributed by atoms with Crippen molar-refractivity contribution in [3.63, 3.8) is 0 Å². The molecule has 2 N–H and O–H groups in total. The Balaban J connectivity index is 0.00000259. The Bertz CT molecular complexity index is 1290. The summed E-state index contributed by atoms with van der Waals surface area (Å²) in [5.41, 5.74) is 2.23. The van der Waals surface area contributed by atoms with Gasteiger partial charge in [-0.25, -0.2) is 14.4 Å². The fraction of sp³-hybridized carbons (Fsp3) is 0.333. The number of halogens is 2. The van der Waals surface area contributed by atoms with Gasteiger partial charge in [0.2, 0.25) is 5.88 Å². The van der Waals surface area contributed by atoms with E-state index in [9.17, 15) is 0 Å². The van der Waals surface area contributed by atoms with Gasteiger partial charge >= 0.3 is 0 Å². The van der Waals surface area contributed by atoms with Crippen LogP contribution in [0.3, 0.4) is 0 Å². The van der Waals surface area contributed by atoms with Crippen LogP contribution in [0.5, 0.6) is 23.1 Å². The van der Waals surface area contributed by atoms with Gasteiger partial charge in [0.1, 0.15) is 6.33 Å². The lowest BCUT2D eigenvalue weighted by Gasteiger charge is -2.34. The van der Waals surface area contributed by atoms with E-state index in [1.165, 1.54) is 6.33 Å². The fourth-order valence-corrected chi connectivity index (χ4v) is 4.18. The van der Waals surface area contributed by atoms with Gasteiger partial charge in [-0.2, -0.15) is 0 Å². The number of hydrogen-bond acceptors (Lipinski definition) is 6. The Morgan fingerprint density at radius 3 is 2.67 bits per heavy atom.